The molecule has 0 aliphatic rings. The van der Waals surface area contributed by atoms with Gasteiger partial charge in [-0.25, -0.2) is 0 Å². The highest BCUT2D eigenvalue weighted by Crippen LogP contribution is 2.26. The maximum absolute atomic E-state index is 12.3. The molecule has 0 saturated carbocycles. The van der Waals surface area contributed by atoms with E-state index >= 15 is 0 Å². The van der Waals surface area contributed by atoms with Crippen LogP contribution >= 0.6 is 34.5 Å². The molecular formula is C15H9Cl2NOS. The predicted octanol–water partition coefficient (Wildman–Crippen LogP) is 5.03. The molecule has 0 unspecified atom stereocenters. The van der Waals surface area contributed by atoms with E-state index in [1.54, 1.807) is 35.7 Å². The zero-order valence-corrected chi connectivity index (χ0v) is 12.6. The topological polar surface area (TPSA) is 30.0 Å². The van der Waals surface area contributed by atoms with Gasteiger partial charge in [0.05, 0.1) is 10.2 Å². The highest BCUT2D eigenvalue weighted by Gasteiger charge is 2.13. The minimum atomic E-state index is -0.0391. The van der Waals surface area contributed by atoms with Gasteiger partial charge in [0.15, 0.2) is 5.78 Å². The van der Waals surface area contributed by atoms with E-state index in [2.05, 4.69) is 4.98 Å². The summed E-state index contributed by atoms with van der Waals surface area (Å²) in [5.41, 5.74) is 2.14. The van der Waals surface area contributed by atoms with Crippen LogP contribution in [0.25, 0.3) is 10.2 Å². The Hall–Kier alpha value is -1.42. The summed E-state index contributed by atoms with van der Waals surface area (Å²) in [6.07, 6.45) is 1.78. The van der Waals surface area contributed by atoms with Crippen molar-refractivity contribution in [1.29, 1.82) is 0 Å². The van der Waals surface area contributed by atoms with Gasteiger partial charge in [0.1, 0.15) is 0 Å². The maximum atomic E-state index is 12.3. The molecule has 2 aromatic heterocycles. The lowest BCUT2D eigenvalue weighted by Crippen LogP contribution is -2.05. The third-order valence-electron chi connectivity index (χ3n) is 3.02. The molecule has 2 heterocycles. The van der Waals surface area contributed by atoms with Crippen molar-refractivity contribution >= 4 is 50.5 Å². The number of Topliss-reactive ketones (excluding diaryl/α,β-unsaturated/α-hetero) is 1. The van der Waals surface area contributed by atoms with E-state index in [1.165, 1.54) is 0 Å². The lowest BCUT2D eigenvalue weighted by Gasteiger charge is -2.06. The zero-order valence-electron chi connectivity index (χ0n) is 10.3. The Morgan fingerprint density at radius 3 is 2.70 bits per heavy atom. The smallest absolute Gasteiger partial charge is 0.168 e. The largest absolute Gasteiger partial charge is 0.294 e. The van der Waals surface area contributed by atoms with Crippen molar-refractivity contribution in [2.75, 3.05) is 0 Å². The van der Waals surface area contributed by atoms with Gasteiger partial charge in [0.2, 0.25) is 0 Å². The minimum absolute atomic E-state index is 0.0391. The molecule has 2 nitrogen and oxygen atoms in total. The normalized spacial score (nSPS) is 10.9. The first kappa shape index (κ1) is 13.6. The highest BCUT2D eigenvalue weighted by atomic mass is 35.5. The maximum Gasteiger partial charge on any atom is 0.168 e. The number of nitrogens with zero attached hydrogens (tertiary/aromatic N) is 1. The fourth-order valence-electron chi connectivity index (χ4n) is 1.96. The van der Waals surface area contributed by atoms with Gasteiger partial charge in [-0.05, 0) is 35.2 Å². The lowest BCUT2D eigenvalue weighted by molar-refractivity contribution is 0.0993. The molecule has 3 rings (SSSR count). The summed E-state index contributed by atoms with van der Waals surface area (Å²) in [6.45, 7) is 0. The molecular weight excluding hydrogens is 313 g/mol. The van der Waals surface area contributed by atoms with Gasteiger partial charge >= 0.3 is 0 Å². The van der Waals surface area contributed by atoms with Crippen LogP contribution in [-0.4, -0.2) is 10.8 Å². The van der Waals surface area contributed by atoms with Crippen LogP contribution in [0.1, 0.15) is 15.9 Å². The van der Waals surface area contributed by atoms with Gasteiger partial charge in [-0.1, -0.05) is 29.3 Å². The van der Waals surface area contributed by atoms with Gasteiger partial charge in [-0.15, -0.1) is 11.3 Å². The fourth-order valence-corrected chi connectivity index (χ4v) is 3.27. The van der Waals surface area contributed by atoms with Crippen LogP contribution in [0.4, 0.5) is 0 Å². The van der Waals surface area contributed by atoms with E-state index in [0.29, 0.717) is 21.2 Å². The van der Waals surface area contributed by atoms with Crippen LogP contribution in [-0.2, 0) is 6.42 Å². The molecule has 0 aliphatic carbocycles. The zero-order chi connectivity index (χ0) is 14.1. The van der Waals surface area contributed by atoms with Crippen LogP contribution in [0.5, 0.6) is 0 Å². The second-order valence-corrected chi connectivity index (χ2v) is 6.09. The molecule has 100 valence electrons. The molecule has 0 aliphatic heterocycles. The molecule has 0 fully saturated rings. The van der Waals surface area contributed by atoms with E-state index in [0.717, 1.165) is 10.2 Å². The molecule has 0 N–H and O–H groups in total. The number of benzene rings is 1. The third-order valence-corrected chi connectivity index (χ3v) is 4.58. The first-order valence-corrected chi connectivity index (χ1v) is 7.58. The molecule has 5 heteroatoms. The van der Waals surface area contributed by atoms with Gasteiger partial charge in [-0.2, -0.15) is 0 Å². The summed E-state index contributed by atoms with van der Waals surface area (Å²) in [6, 6.07) is 9.02. The molecule has 0 radical (unpaired) electrons. The monoisotopic (exact) mass is 321 g/mol. The fraction of sp³-hybridized carbons (Fsp3) is 0.0667. The Labute approximate surface area is 130 Å². The minimum Gasteiger partial charge on any atom is -0.294 e. The second-order valence-electron chi connectivity index (χ2n) is 4.33. The summed E-state index contributed by atoms with van der Waals surface area (Å²) < 4.78 is 1.00. The molecule has 20 heavy (non-hydrogen) atoms. The first-order chi connectivity index (χ1) is 9.65. The molecule has 3 aromatic rings. The Bertz CT molecular complexity index is 777. The summed E-state index contributed by atoms with van der Waals surface area (Å²) in [4.78, 5) is 16.6. The number of carbonyl (C=O) groups excluding carboxylic acids is 1. The van der Waals surface area contributed by atoms with Crippen molar-refractivity contribution in [3.63, 3.8) is 0 Å². The number of ketones is 1. The Balaban J connectivity index is 1.92. The van der Waals surface area contributed by atoms with Gasteiger partial charge in [0, 0.05) is 28.2 Å². The summed E-state index contributed by atoms with van der Waals surface area (Å²) in [7, 11) is 0. The number of hydrogen-bond acceptors (Lipinski definition) is 3. The number of thiophene rings is 1. The van der Waals surface area contributed by atoms with E-state index in [9.17, 15) is 4.79 Å². The standard InChI is InChI=1S/C15H9Cl2NOS/c16-11-2-1-3-12(17)10(11)7-14(19)9-6-15-13(18-8-9)4-5-20-15/h1-6,8H,7H2. The Kier molecular flexibility index (Phi) is 3.74. The number of fused-ring (bicyclic) bond motifs is 1. The average molecular weight is 322 g/mol. The van der Waals surface area contributed by atoms with Crippen molar-refractivity contribution in [1.82, 2.24) is 4.98 Å². The summed E-state index contributed by atoms with van der Waals surface area (Å²) in [5.74, 6) is -0.0391. The summed E-state index contributed by atoms with van der Waals surface area (Å²) in [5, 5.41) is 2.98. The van der Waals surface area contributed by atoms with Crippen molar-refractivity contribution < 1.29 is 4.79 Å². The van der Waals surface area contributed by atoms with Gasteiger partial charge < -0.3 is 0 Å². The predicted molar refractivity (Wildman–Crippen MR) is 84.1 cm³/mol. The SMILES string of the molecule is O=C(Cc1c(Cl)cccc1Cl)c1cnc2ccsc2c1. The van der Waals surface area contributed by atoms with Crippen LogP contribution in [0.3, 0.4) is 0 Å². The Morgan fingerprint density at radius 2 is 1.95 bits per heavy atom. The van der Waals surface area contributed by atoms with Gasteiger partial charge in [0.25, 0.3) is 0 Å². The lowest BCUT2D eigenvalue weighted by atomic mass is 10.0. The highest BCUT2D eigenvalue weighted by molar-refractivity contribution is 7.17. The summed E-state index contributed by atoms with van der Waals surface area (Å²) >= 11 is 13.7. The Morgan fingerprint density at radius 1 is 1.20 bits per heavy atom. The number of carbonyl (C=O) groups is 1. The van der Waals surface area contributed by atoms with Crippen molar-refractivity contribution in [2.45, 2.75) is 6.42 Å². The van der Waals surface area contributed by atoms with Crippen LogP contribution in [0.2, 0.25) is 10.0 Å². The molecule has 0 amide bonds. The van der Waals surface area contributed by atoms with E-state index in [1.807, 2.05) is 17.5 Å². The molecule has 0 bridgehead atoms. The average Bonchev–Trinajstić information content (AvgIpc) is 2.90. The number of halogens is 2. The number of hydrogen-bond donors (Lipinski definition) is 0. The number of aromatic nitrogens is 1. The number of rotatable bonds is 3. The van der Waals surface area contributed by atoms with Crippen LogP contribution in [0.15, 0.2) is 41.9 Å². The van der Waals surface area contributed by atoms with Crippen molar-refractivity contribution in [3.05, 3.63) is 63.1 Å². The quantitative estimate of drug-likeness (QED) is 0.633. The molecule has 1 aromatic carbocycles. The van der Waals surface area contributed by atoms with Crippen molar-refractivity contribution in [2.24, 2.45) is 0 Å². The van der Waals surface area contributed by atoms with E-state index in [4.69, 9.17) is 23.2 Å². The molecule has 0 spiro atoms. The molecule has 0 saturated heterocycles. The van der Waals surface area contributed by atoms with Crippen molar-refractivity contribution in [3.8, 4) is 0 Å². The van der Waals surface area contributed by atoms with Crippen LogP contribution < -0.4 is 0 Å². The van der Waals surface area contributed by atoms with Crippen LogP contribution in [0, 0.1) is 0 Å². The number of pyridine rings is 1. The van der Waals surface area contributed by atoms with E-state index < -0.39 is 0 Å². The second kappa shape index (κ2) is 5.52. The van der Waals surface area contributed by atoms with E-state index in [-0.39, 0.29) is 12.2 Å². The first-order valence-electron chi connectivity index (χ1n) is 5.94. The van der Waals surface area contributed by atoms with Gasteiger partial charge in [-0.3, -0.25) is 9.78 Å². The third kappa shape index (κ3) is 2.57. The molecule has 0 atom stereocenters.